The van der Waals surface area contributed by atoms with Gasteiger partial charge in [0, 0.05) is 35.5 Å². The predicted molar refractivity (Wildman–Crippen MR) is 95.0 cm³/mol. The Balaban J connectivity index is 1.94. The van der Waals surface area contributed by atoms with Gasteiger partial charge >= 0.3 is 0 Å². The molecule has 0 unspecified atom stereocenters. The first-order chi connectivity index (χ1) is 11.1. The second-order valence-corrected chi connectivity index (χ2v) is 6.41. The van der Waals surface area contributed by atoms with E-state index in [1.54, 1.807) is 13.3 Å². The molecule has 0 radical (unpaired) electrons. The molecule has 0 spiro atoms. The van der Waals surface area contributed by atoms with Gasteiger partial charge in [-0.3, -0.25) is 0 Å². The molecule has 1 aromatic carbocycles. The van der Waals surface area contributed by atoms with Gasteiger partial charge in [-0.2, -0.15) is 0 Å². The molecule has 2 rings (SSSR count). The lowest BCUT2D eigenvalue weighted by Gasteiger charge is -2.19. The van der Waals surface area contributed by atoms with Gasteiger partial charge in [-0.15, -0.1) is 0 Å². The van der Waals surface area contributed by atoms with E-state index in [2.05, 4.69) is 30.8 Å². The zero-order valence-corrected chi connectivity index (χ0v) is 15.5. The van der Waals surface area contributed by atoms with E-state index in [0.29, 0.717) is 0 Å². The van der Waals surface area contributed by atoms with Crippen molar-refractivity contribution >= 4 is 15.9 Å². The highest BCUT2D eigenvalue weighted by atomic mass is 79.9. The number of halogens is 1. The van der Waals surface area contributed by atoms with Crippen LogP contribution in [0.3, 0.4) is 0 Å². The molecule has 6 heteroatoms. The van der Waals surface area contributed by atoms with Gasteiger partial charge in [-0.25, -0.2) is 4.98 Å². The second kappa shape index (κ2) is 8.93. The fourth-order valence-electron chi connectivity index (χ4n) is 2.29. The summed E-state index contributed by atoms with van der Waals surface area (Å²) in [4.78, 5) is 4.04. The van der Waals surface area contributed by atoms with Crippen LogP contribution in [0.2, 0.25) is 0 Å². The average molecular weight is 382 g/mol. The average Bonchev–Trinajstić information content (AvgIpc) is 3.02. The molecule has 23 heavy (non-hydrogen) atoms. The number of hydrogen-bond donors (Lipinski definition) is 1. The minimum Gasteiger partial charge on any atom is -0.493 e. The first-order valence-electron chi connectivity index (χ1n) is 7.80. The highest BCUT2D eigenvalue weighted by Gasteiger charge is 2.15. The fraction of sp³-hybridized carbons (Fsp3) is 0.471. The van der Waals surface area contributed by atoms with Crippen molar-refractivity contribution in [3.05, 3.63) is 40.9 Å². The zero-order valence-electron chi connectivity index (χ0n) is 13.9. The molecule has 1 N–H and O–H groups in total. The summed E-state index contributed by atoms with van der Waals surface area (Å²) in [5.74, 6) is 1.57. The largest absolute Gasteiger partial charge is 0.493 e. The first-order valence-corrected chi connectivity index (χ1v) is 8.59. The number of rotatable bonds is 9. The van der Waals surface area contributed by atoms with Crippen molar-refractivity contribution in [1.82, 2.24) is 14.9 Å². The lowest BCUT2D eigenvalue weighted by molar-refractivity contribution is 0.227. The highest BCUT2D eigenvalue weighted by Crippen LogP contribution is 2.36. The Morgan fingerprint density at radius 3 is 2.83 bits per heavy atom. The molecule has 0 aliphatic carbocycles. The molecule has 0 atom stereocenters. The summed E-state index contributed by atoms with van der Waals surface area (Å²) in [7, 11) is 1.67. The van der Waals surface area contributed by atoms with Gasteiger partial charge in [-0.1, -0.05) is 15.9 Å². The van der Waals surface area contributed by atoms with E-state index >= 15 is 0 Å². The van der Waals surface area contributed by atoms with Gasteiger partial charge in [-0.05, 0) is 38.9 Å². The van der Waals surface area contributed by atoms with Crippen molar-refractivity contribution in [2.24, 2.45) is 0 Å². The van der Waals surface area contributed by atoms with Gasteiger partial charge in [0.15, 0.2) is 11.5 Å². The van der Waals surface area contributed by atoms with Crippen LogP contribution in [-0.2, 0) is 13.1 Å². The Labute approximate surface area is 146 Å². The summed E-state index contributed by atoms with van der Waals surface area (Å²) < 4.78 is 14.5. The smallest absolute Gasteiger partial charge is 0.167 e. The van der Waals surface area contributed by atoms with Crippen LogP contribution in [0.15, 0.2) is 35.3 Å². The number of nitrogens with one attached hydrogen (secondary N) is 1. The minimum atomic E-state index is 0.0955. The number of hydrogen-bond acceptors (Lipinski definition) is 4. The number of benzene rings is 1. The summed E-state index contributed by atoms with van der Waals surface area (Å²) in [6.07, 6.45) is 6.76. The summed E-state index contributed by atoms with van der Waals surface area (Å²) in [6.45, 7) is 6.64. The quantitative estimate of drug-likeness (QED) is 0.673. The monoisotopic (exact) mass is 381 g/mol. The predicted octanol–water partition coefficient (Wildman–Crippen LogP) is 3.62. The normalized spacial score (nSPS) is 11.0. The Kier molecular flexibility index (Phi) is 6.92. The van der Waals surface area contributed by atoms with E-state index < -0.39 is 0 Å². The topological polar surface area (TPSA) is 48.3 Å². The summed E-state index contributed by atoms with van der Waals surface area (Å²) in [5, 5.41) is 3.47. The summed E-state index contributed by atoms with van der Waals surface area (Å²) in [6, 6.07) is 3.92. The maximum Gasteiger partial charge on any atom is 0.167 e. The number of aromatic nitrogens is 2. The molecule has 0 fully saturated rings. The van der Waals surface area contributed by atoms with Crippen LogP contribution in [0.5, 0.6) is 11.5 Å². The SMILES string of the molecule is COc1ccc(Br)c(CNCCCn2ccnc2)c1OC(C)C. The number of imidazole rings is 1. The van der Waals surface area contributed by atoms with E-state index in [1.807, 2.05) is 38.5 Å². The third-order valence-corrected chi connectivity index (χ3v) is 4.11. The zero-order chi connectivity index (χ0) is 16.7. The van der Waals surface area contributed by atoms with Gasteiger partial charge < -0.3 is 19.4 Å². The molecule has 0 aliphatic heterocycles. The van der Waals surface area contributed by atoms with Crippen molar-refractivity contribution in [2.75, 3.05) is 13.7 Å². The third kappa shape index (κ3) is 5.25. The van der Waals surface area contributed by atoms with Crippen molar-refractivity contribution < 1.29 is 9.47 Å². The third-order valence-electron chi connectivity index (χ3n) is 3.37. The van der Waals surface area contributed by atoms with Crippen LogP contribution in [0.25, 0.3) is 0 Å². The van der Waals surface area contributed by atoms with Crippen LogP contribution in [-0.4, -0.2) is 29.3 Å². The molecule has 1 heterocycles. The lowest BCUT2D eigenvalue weighted by atomic mass is 10.1. The molecule has 0 bridgehead atoms. The van der Waals surface area contributed by atoms with E-state index in [4.69, 9.17) is 9.47 Å². The van der Waals surface area contributed by atoms with Crippen molar-refractivity contribution in [3.63, 3.8) is 0 Å². The molecule has 1 aromatic heterocycles. The molecule has 2 aromatic rings. The first kappa shape index (κ1) is 17.8. The summed E-state index contributed by atoms with van der Waals surface area (Å²) in [5.41, 5.74) is 1.08. The van der Waals surface area contributed by atoms with Crippen molar-refractivity contribution in [1.29, 1.82) is 0 Å². The second-order valence-electron chi connectivity index (χ2n) is 5.55. The standard InChI is InChI=1S/C17H24BrN3O2/c1-13(2)23-17-14(15(18)5-6-16(17)22-3)11-19-7-4-9-21-10-8-20-12-21/h5-6,8,10,12-13,19H,4,7,9,11H2,1-3H3. The van der Waals surface area contributed by atoms with Gasteiger partial charge in [0.05, 0.1) is 19.5 Å². The maximum absolute atomic E-state index is 5.96. The molecular formula is C17H24BrN3O2. The summed E-state index contributed by atoms with van der Waals surface area (Å²) >= 11 is 3.61. The number of methoxy groups -OCH3 is 1. The maximum atomic E-state index is 5.96. The minimum absolute atomic E-state index is 0.0955. The molecule has 0 aliphatic rings. The van der Waals surface area contributed by atoms with Gasteiger partial charge in [0.2, 0.25) is 0 Å². The molecule has 126 valence electrons. The lowest BCUT2D eigenvalue weighted by Crippen LogP contribution is -2.18. The highest BCUT2D eigenvalue weighted by molar-refractivity contribution is 9.10. The van der Waals surface area contributed by atoms with Crippen molar-refractivity contribution in [2.45, 2.75) is 39.5 Å². The molecule has 5 nitrogen and oxygen atoms in total. The van der Waals surface area contributed by atoms with Crippen LogP contribution in [0, 0.1) is 0 Å². The van der Waals surface area contributed by atoms with E-state index in [0.717, 1.165) is 47.6 Å². The van der Waals surface area contributed by atoms with Gasteiger partial charge in [0.25, 0.3) is 0 Å². The Bertz CT molecular complexity index is 600. The number of aryl methyl sites for hydroxylation is 1. The van der Waals surface area contributed by atoms with Crippen LogP contribution in [0.1, 0.15) is 25.8 Å². The molecule has 0 amide bonds. The number of nitrogens with zero attached hydrogens (tertiary/aromatic N) is 2. The Morgan fingerprint density at radius 2 is 2.17 bits per heavy atom. The van der Waals surface area contributed by atoms with Crippen molar-refractivity contribution in [3.8, 4) is 11.5 Å². The van der Waals surface area contributed by atoms with E-state index in [9.17, 15) is 0 Å². The molecule has 0 saturated heterocycles. The molecule has 0 saturated carbocycles. The molecular weight excluding hydrogens is 358 g/mol. The number of ether oxygens (including phenoxy) is 2. The van der Waals surface area contributed by atoms with Crippen LogP contribution in [0.4, 0.5) is 0 Å². The van der Waals surface area contributed by atoms with Gasteiger partial charge in [0.1, 0.15) is 0 Å². The Hall–Kier alpha value is -1.53. The van der Waals surface area contributed by atoms with E-state index in [-0.39, 0.29) is 6.10 Å². The van der Waals surface area contributed by atoms with Crippen LogP contribution < -0.4 is 14.8 Å². The van der Waals surface area contributed by atoms with Crippen LogP contribution >= 0.6 is 15.9 Å². The fourth-order valence-corrected chi connectivity index (χ4v) is 2.74. The van der Waals surface area contributed by atoms with E-state index in [1.165, 1.54) is 0 Å². The Morgan fingerprint density at radius 1 is 1.35 bits per heavy atom.